The SMILES string of the molecule is C=C[N+]1(CCCC)CCCC1=O. The van der Waals surface area contributed by atoms with Crippen LogP contribution in [-0.4, -0.2) is 23.5 Å². The number of rotatable bonds is 4. The maximum Gasteiger partial charge on any atom is 0.318 e. The summed E-state index contributed by atoms with van der Waals surface area (Å²) in [6.07, 6.45) is 5.88. The Morgan fingerprint density at radius 2 is 2.42 bits per heavy atom. The Morgan fingerprint density at radius 1 is 1.67 bits per heavy atom. The highest BCUT2D eigenvalue weighted by Gasteiger charge is 2.38. The van der Waals surface area contributed by atoms with Crippen molar-refractivity contribution >= 4 is 5.91 Å². The predicted molar refractivity (Wildman–Crippen MR) is 49.3 cm³/mol. The van der Waals surface area contributed by atoms with Gasteiger partial charge >= 0.3 is 5.91 Å². The number of hydrogen-bond acceptors (Lipinski definition) is 1. The van der Waals surface area contributed by atoms with Gasteiger partial charge in [-0.1, -0.05) is 13.3 Å². The normalized spacial score (nSPS) is 29.2. The summed E-state index contributed by atoms with van der Waals surface area (Å²) in [7, 11) is 0. The Bertz CT molecular complexity index is 188. The Kier molecular flexibility index (Phi) is 3.04. The lowest BCUT2D eigenvalue weighted by Gasteiger charge is -2.26. The Morgan fingerprint density at radius 3 is 2.83 bits per heavy atom. The summed E-state index contributed by atoms with van der Waals surface area (Å²) >= 11 is 0. The molecule has 0 saturated carbocycles. The van der Waals surface area contributed by atoms with Crippen LogP contribution in [0.25, 0.3) is 0 Å². The minimum absolute atomic E-state index is 0.360. The molecule has 0 aromatic rings. The number of nitrogens with zero attached hydrogens (tertiary/aromatic N) is 1. The summed E-state index contributed by atoms with van der Waals surface area (Å²) in [5.41, 5.74) is 0. The van der Waals surface area contributed by atoms with Gasteiger partial charge in [-0.05, 0) is 13.0 Å². The maximum atomic E-state index is 11.5. The van der Waals surface area contributed by atoms with Gasteiger partial charge in [-0.2, -0.15) is 0 Å². The Hall–Kier alpha value is -0.630. The highest BCUT2D eigenvalue weighted by atomic mass is 16.2. The van der Waals surface area contributed by atoms with Crippen molar-refractivity contribution in [3.63, 3.8) is 0 Å². The predicted octanol–water partition coefficient (Wildman–Crippen LogP) is 2.07. The van der Waals surface area contributed by atoms with E-state index in [0.29, 0.717) is 10.4 Å². The van der Waals surface area contributed by atoms with Crippen molar-refractivity contribution in [1.29, 1.82) is 0 Å². The van der Waals surface area contributed by atoms with Crippen LogP contribution in [0.5, 0.6) is 0 Å². The minimum atomic E-state index is 0.360. The molecule has 68 valence electrons. The molecule has 0 aromatic carbocycles. The van der Waals surface area contributed by atoms with Crippen molar-refractivity contribution in [3.8, 4) is 0 Å². The van der Waals surface area contributed by atoms with Gasteiger partial charge in [0.05, 0.1) is 25.7 Å². The zero-order valence-electron chi connectivity index (χ0n) is 7.88. The molecule has 1 aliphatic rings. The summed E-state index contributed by atoms with van der Waals surface area (Å²) in [5, 5.41) is 0. The highest BCUT2D eigenvalue weighted by molar-refractivity contribution is 5.71. The zero-order valence-corrected chi connectivity index (χ0v) is 7.88. The van der Waals surface area contributed by atoms with E-state index >= 15 is 0 Å². The van der Waals surface area contributed by atoms with Gasteiger partial charge in [-0.3, -0.25) is 0 Å². The summed E-state index contributed by atoms with van der Waals surface area (Å²) in [6, 6.07) is 0. The van der Waals surface area contributed by atoms with E-state index in [1.54, 1.807) is 0 Å². The van der Waals surface area contributed by atoms with Crippen molar-refractivity contribution in [1.82, 2.24) is 0 Å². The second kappa shape index (κ2) is 3.85. The first kappa shape index (κ1) is 9.46. The van der Waals surface area contributed by atoms with E-state index in [1.807, 2.05) is 6.20 Å². The van der Waals surface area contributed by atoms with Gasteiger partial charge in [-0.15, -0.1) is 0 Å². The van der Waals surface area contributed by atoms with E-state index in [-0.39, 0.29) is 0 Å². The molecule has 0 aromatic heterocycles. The van der Waals surface area contributed by atoms with Crippen molar-refractivity contribution < 1.29 is 9.28 Å². The number of amides is 1. The molecule has 2 nitrogen and oxygen atoms in total. The van der Waals surface area contributed by atoms with Crippen LogP contribution in [0.1, 0.15) is 32.6 Å². The van der Waals surface area contributed by atoms with Gasteiger partial charge in [-0.25, -0.2) is 9.28 Å². The monoisotopic (exact) mass is 168 g/mol. The van der Waals surface area contributed by atoms with Gasteiger partial charge in [0, 0.05) is 6.42 Å². The fourth-order valence-electron chi connectivity index (χ4n) is 1.82. The van der Waals surface area contributed by atoms with Crippen LogP contribution in [0, 0.1) is 0 Å². The minimum Gasteiger partial charge on any atom is -0.235 e. The van der Waals surface area contributed by atoms with Crippen molar-refractivity contribution in [2.75, 3.05) is 13.1 Å². The average molecular weight is 168 g/mol. The van der Waals surface area contributed by atoms with E-state index < -0.39 is 0 Å². The lowest BCUT2D eigenvalue weighted by molar-refractivity contribution is -0.794. The van der Waals surface area contributed by atoms with Gasteiger partial charge in [0.1, 0.15) is 0 Å². The van der Waals surface area contributed by atoms with Gasteiger partial charge < -0.3 is 0 Å². The fourth-order valence-corrected chi connectivity index (χ4v) is 1.82. The highest BCUT2D eigenvalue weighted by Crippen LogP contribution is 2.22. The first-order chi connectivity index (χ1) is 5.75. The van der Waals surface area contributed by atoms with Crippen LogP contribution >= 0.6 is 0 Å². The molecule has 1 rings (SSSR count). The standard InChI is InChI=1S/C10H18NO/c1-3-5-8-11(4-2)9-6-7-10(11)12/h4H,2-3,5-9H2,1H3/q+1. The fraction of sp³-hybridized carbons (Fsp3) is 0.700. The maximum absolute atomic E-state index is 11.5. The molecule has 1 saturated heterocycles. The van der Waals surface area contributed by atoms with Crippen molar-refractivity contribution in [2.24, 2.45) is 0 Å². The topological polar surface area (TPSA) is 17.1 Å². The second-order valence-electron chi connectivity index (χ2n) is 3.51. The number of likely N-dealkylation sites (tertiary alicyclic amines) is 1. The molecule has 1 unspecified atom stereocenters. The van der Waals surface area contributed by atoms with Gasteiger partial charge in [0.2, 0.25) is 0 Å². The summed E-state index contributed by atoms with van der Waals surface area (Å²) in [6.45, 7) is 7.85. The second-order valence-corrected chi connectivity index (χ2v) is 3.51. The molecule has 1 amide bonds. The molecule has 0 N–H and O–H groups in total. The smallest absolute Gasteiger partial charge is 0.235 e. The van der Waals surface area contributed by atoms with E-state index in [4.69, 9.17) is 0 Å². The number of carbonyl (C=O) groups is 1. The molecular weight excluding hydrogens is 150 g/mol. The van der Waals surface area contributed by atoms with E-state index in [9.17, 15) is 4.79 Å². The molecule has 1 heterocycles. The average Bonchev–Trinajstić information content (AvgIpc) is 2.45. The summed E-state index contributed by atoms with van der Waals surface area (Å²) in [5.74, 6) is 0.360. The van der Waals surface area contributed by atoms with Crippen LogP contribution < -0.4 is 0 Å². The summed E-state index contributed by atoms with van der Waals surface area (Å²) < 4.78 is 0.536. The first-order valence-corrected chi connectivity index (χ1v) is 4.79. The van der Waals surface area contributed by atoms with Crippen LogP contribution in [0.2, 0.25) is 0 Å². The number of hydrogen-bond donors (Lipinski definition) is 0. The van der Waals surface area contributed by atoms with E-state index in [1.165, 1.54) is 0 Å². The van der Waals surface area contributed by atoms with Crippen molar-refractivity contribution in [2.45, 2.75) is 32.6 Å². The van der Waals surface area contributed by atoms with Gasteiger partial charge in [0.25, 0.3) is 0 Å². The number of carbonyl (C=O) groups excluding carboxylic acids is 1. The van der Waals surface area contributed by atoms with E-state index in [0.717, 1.165) is 38.8 Å². The molecule has 0 bridgehead atoms. The summed E-state index contributed by atoms with van der Waals surface area (Å²) in [4.78, 5) is 11.5. The lowest BCUT2D eigenvalue weighted by Crippen LogP contribution is -2.44. The molecule has 1 fully saturated rings. The first-order valence-electron chi connectivity index (χ1n) is 4.79. The molecule has 0 spiro atoms. The van der Waals surface area contributed by atoms with E-state index in [2.05, 4.69) is 13.5 Å². The molecule has 2 heteroatoms. The molecular formula is C10H18NO+. The lowest BCUT2D eigenvalue weighted by atomic mass is 10.3. The van der Waals surface area contributed by atoms with Crippen LogP contribution in [0.15, 0.2) is 12.8 Å². The third-order valence-electron chi connectivity index (χ3n) is 2.70. The van der Waals surface area contributed by atoms with Crippen LogP contribution in [0.4, 0.5) is 0 Å². The third-order valence-corrected chi connectivity index (χ3v) is 2.70. The molecule has 12 heavy (non-hydrogen) atoms. The molecule has 1 aliphatic heterocycles. The van der Waals surface area contributed by atoms with Crippen LogP contribution in [0.3, 0.4) is 0 Å². The molecule has 1 atom stereocenters. The Balaban J connectivity index is 2.61. The number of quaternary nitrogens is 1. The van der Waals surface area contributed by atoms with Crippen LogP contribution in [-0.2, 0) is 4.79 Å². The molecule has 0 radical (unpaired) electrons. The quantitative estimate of drug-likeness (QED) is 0.587. The molecule has 0 aliphatic carbocycles. The zero-order chi connectivity index (χ0) is 9.03. The van der Waals surface area contributed by atoms with Crippen molar-refractivity contribution in [3.05, 3.63) is 12.8 Å². The number of unbranched alkanes of at least 4 members (excludes halogenated alkanes) is 1. The largest absolute Gasteiger partial charge is 0.318 e. The Labute approximate surface area is 74.5 Å². The van der Waals surface area contributed by atoms with Gasteiger partial charge in [0.15, 0.2) is 0 Å². The third kappa shape index (κ3) is 1.58.